The van der Waals surface area contributed by atoms with Crippen molar-refractivity contribution in [3.05, 3.63) is 0 Å². The third-order valence-electron chi connectivity index (χ3n) is 3.52. The number of hydrogen-bond acceptors (Lipinski definition) is 3. The minimum atomic E-state index is -4.71. The van der Waals surface area contributed by atoms with Crippen LogP contribution in [0.3, 0.4) is 0 Å². The standard InChI is InChI=1S/C12H19F3N2O3/c1-3-11(4-2)10(19)17(6-5-9(18)16-11)7-8-20-12(13,14)15/h3-8H2,1-2H3,(H,16,18). The van der Waals surface area contributed by atoms with Gasteiger partial charge in [0.1, 0.15) is 5.54 Å². The second-order valence-electron chi connectivity index (χ2n) is 4.67. The van der Waals surface area contributed by atoms with Gasteiger partial charge in [0.2, 0.25) is 11.8 Å². The van der Waals surface area contributed by atoms with Crippen molar-refractivity contribution in [3.63, 3.8) is 0 Å². The van der Waals surface area contributed by atoms with Crippen molar-refractivity contribution >= 4 is 11.8 Å². The highest BCUT2D eigenvalue weighted by molar-refractivity contribution is 5.93. The molecule has 1 fully saturated rings. The van der Waals surface area contributed by atoms with E-state index in [4.69, 9.17) is 0 Å². The molecule has 8 heteroatoms. The second-order valence-corrected chi connectivity index (χ2v) is 4.67. The average molecular weight is 296 g/mol. The van der Waals surface area contributed by atoms with E-state index in [1.807, 2.05) is 0 Å². The molecule has 1 aliphatic heterocycles. The molecule has 1 heterocycles. The quantitative estimate of drug-likeness (QED) is 0.835. The molecule has 0 unspecified atom stereocenters. The van der Waals surface area contributed by atoms with E-state index in [1.165, 1.54) is 4.90 Å². The van der Waals surface area contributed by atoms with Crippen LogP contribution >= 0.6 is 0 Å². The summed E-state index contributed by atoms with van der Waals surface area (Å²) < 4.78 is 39.5. The van der Waals surface area contributed by atoms with Crippen LogP contribution in [-0.4, -0.2) is 48.3 Å². The number of rotatable bonds is 5. The second kappa shape index (κ2) is 6.43. The fourth-order valence-electron chi connectivity index (χ4n) is 2.24. The van der Waals surface area contributed by atoms with Gasteiger partial charge in [-0.3, -0.25) is 14.3 Å². The molecule has 0 spiro atoms. The first kappa shape index (κ1) is 16.7. The molecule has 0 aromatic carbocycles. The van der Waals surface area contributed by atoms with Gasteiger partial charge in [0.15, 0.2) is 0 Å². The molecule has 20 heavy (non-hydrogen) atoms. The lowest BCUT2D eigenvalue weighted by Crippen LogP contribution is -2.56. The number of amides is 2. The highest BCUT2D eigenvalue weighted by Crippen LogP contribution is 2.22. The van der Waals surface area contributed by atoms with Crippen LogP contribution in [0.1, 0.15) is 33.1 Å². The Morgan fingerprint density at radius 1 is 1.30 bits per heavy atom. The lowest BCUT2D eigenvalue weighted by atomic mass is 9.91. The molecule has 1 aliphatic rings. The third kappa shape index (κ3) is 4.09. The summed E-state index contributed by atoms with van der Waals surface area (Å²) in [6.07, 6.45) is -3.84. The Morgan fingerprint density at radius 2 is 1.90 bits per heavy atom. The van der Waals surface area contributed by atoms with E-state index in [0.29, 0.717) is 12.8 Å². The van der Waals surface area contributed by atoms with E-state index in [1.54, 1.807) is 13.8 Å². The van der Waals surface area contributed by atoms with Crippen molar-refractivity contribution in [2.45, 2.75) is 45.0 Å². The van der Waals surface area contributed by atoms with Crippen LogP contribution in [-0.2, 0) is 14.3 Å². The smallest absolute Gasteiger partial charge is 0.342 e. The summed E-state index contributed by atoms with van der Waals surface area (Å²) in [5.74, 6) is -0.611. The first-order valence-electron chi connectivity index (χ1n) is 6.55. The van der Waals surface area contributed by atoms with Crippen LogP contribution in [0.25, 0.3) is 0 Å². The van der Waals surface area contributed by atoms with Crippen molar-refractivity contribution in [1.82, 2.24) is 10.2 Å². The van der Waals surface area contributed by atoms with Crippen LogP contribution in [0.15, 0.2) is 0 Å². The molecule has 2 amide bonds. The maximum absolute atomic E-state index is 12.4. The molecule has 1 saturated heterocycles. The van der Waals surface area contributed by atoms with Gasteiger partial charge < -0.3 is 10.2 Å². The Bertz CT molecular complexity index is 367. The first-order valence-corrected chi connectivity index (χ1v) is 6.55. The summed E-state index contributed by atoms with van der Waals surface area (Å²) in [5.41, 5.74) is -1.02. The van der Waals surface area contributed by atoms with E-state index in [9.17, 15) is 22.8 Å². The van der Waals surface area contributed by atoms with E-state index in [0.717, 1.165) is 0 Å². The normalized spacial score (nSPS) is 19.8. The lowest BCUT2D eigenvalue weighted by molar-refractivity contribution is -0.324. The van der Waals surface area contributed by atoms with E-state index < -0.39 is 18.5 Å². The number of carbonyl (C=O) groups excluding carboxylic acids is 2. The minimum absolute atomic E-state index is 0.0828. The highest BCUT2D eigenvalue weighted by Gasteiger charge is 2.41. The van der Waals surface area contributed by atoms with E-state index in [-0.39, 0.29) is 31.3 Å². The Balaban J connectivity index is 2.75. The summed E-state index contributed by atoms with van der Waals surface area (Å²) >= 11 is 0. The average Bonchev–Trinajstić information content (AvgIpc) is 2.48. The maximum atomic E-state index is 12.4. The van der Waals surface area contributed by atoms with E-state index in [2.05, 4.69) is 10.1 Å². The summed E-state index contributed by atoms with van der Waals surface area (Å²) in [7, 11) is 0. The Labute approximate surface area is 115 Å². The van der Waals surface area contributed by atoms with Gasteiger partial charge in [-0.2, -0.15) is 0 Å². The van der Waals surface area contributed by atoms with Gasteiger partial charge in [0.25, 0.3) is 0 Å². The molecule has 116 valence electrons. The molecule has 0 atom stereocenters. The summed E-state index contributed by atoms with van der Waals surface area (Å²) in [6, 6.07) is 0. The molecule has 1 N–H and O–H groups in total. The molecular formula is C12H19F3N2O3. The molecule has 0 saturated carbocycles. The van der Waals surface area contributed by atoms with Crippen LogP contribution in [0.4, 0.5) is 13.2 Å². The van der Waals surface area contributed by atoms with Crippen LogP contribution in [0, 0.1) is 0 Å². The van der Waals surface area contributed by atoms with Gasteiger partial charge in [0, 0.05) is 19.5 Å². The Kier molecular flexibility index (Phi) is 5.38. The molecule has 0 aromatic rings. The van der Waals surface area contributed by atoms with E-state index >= 15 is 0 Å². The van der Waals surface area contributed by atoms with Crippen LogP contribution in [0.5, 0.6) is 0 Å². The van der Waals surface area contributed by atoms with Crippen molar-refractivity contribution in [1.29, 1.82) is 0 Å². The largest absolute Gasteiger partial charge is 0.522 e. The SMILES string of the molecule is CCC1(CC)NC(=O)CCN(CCOC(F)(F)F)C1=O. The van der Waals surface area contributed by atoms with Crippen molar-refractivity contribution in [2.24, 2.45) is 0 Å². The van der Waals surface area contributed by atoms with Gasteiger partial charge >= 0.3 is 6.36 Å². The van der Waals surface area contributed by atoms with Crippen LogP contribution in [0.2, 0.25) is 0 Å². The van der Waals surface area contributed by atoms with Gasteiger partial charge in [-0.05, 0) is 12.8 Å². The molecular weight excluding hydrogens is 277 g/mol. The summed E-state index contributed by atoms with van der Waals surface area (Å²) in [4.78, 5) is 25.3. The monoisotopic (exact) mass is 296 g/mol. The van der Waals surface area contributed by atoms with Crippen molar-refractivity contribution < 1.29 is 27.5 Å². The van der Waals surface area contributed by atoms with Gasteiger partial charge in [-0.25, -0.2) is 0 Å². The predicted molar refractivity (Wildman–Crippen MR) is 64.7 cm³/mol. The van der Waals surface area contributed by atoms with Crippen LogP contribution < -0.4 is 5.32 Å². The molecule has 0 aromatic heterocycles. The highest BCUT2D eigenvalue weighted by atomic mass is 19.4. The fraction of sp³-hybridized carbons (Fsp3) is 0.833. The van der Waals surface area contributed by atoms with Gasteiger partial charge in [-0.1, -0.05) is 13.8 Å². The molecule has 0 aliphatic carbocycles. The van der Waals surface area contributed by atoms with Gasteiger partial charge in [0.05, 0.1) is 6.61 Å². The summed E-state index contributed by atoms with van der Waals surface area (Å²) in [6.45, 7) is 2.81. The Hall–Kier alpha value is -1.31. The van der Waals surface area contributed by atoms with Gasteiger partial charge in [-0.15, -0.1) is 13.2 Å². The number of ether oxygens (including phenoxy) is 1. The number of carbonyl (C=O) groups is 2. The van der Waals surface area contributed by atoms with Crippen molar-refractivity contribution in [3.8, 4) is 0 Å². The maximum Gasteiger partial charge on any atom is 0.522 e. The fourth-order valence-corrected chi connectivity index (χ4v) is 2.24. The third-order valence-corrected chi connectivity index (χ3v) is 3.52. The number of alkyl halides is 3. The molecule has 1 rings (SSSR count). The summed E-state index contributed by atoms with van der Waals surface area (Å²) in [5, 5.41) is 2.68. The number of nitrogens with one attached hydrogen (secondary N) is 1. The number of hydrogen-bond donors (Lipinski definition) is 1. The predicted octanol–water partition coefficient (Wildman–Crippen LogP) is 1.43. The molecule has 0 radical (unpaired) electrons. The number of halogens is 3. The Morgan fingerprint density at radius 3 is 2.40 bits per heavy atom. The zero-order valence-electron chi connectivity index (χ0n) is 11.5. The minimum Gasteiger partial charge on any atom is -0.342 e. The lowest BCUT2D eigenvalue weighted by Gasteiger charge is -2.33. The molecule has 5 nitrogen and oxygen atoms in total. The number of nitrogens with zero attached hydrogens (tertiary/aromatic N) is 1. The topological polar surface area (TPSA) is 58.6 Å². The van der Waals surface area contributed by atoms with Crippen molar-refractivity contribution in [2.75, 3.05) is 19.7 Å². The zero-order valence-corrected chi connectivity index (χ0v) is 11.5. The first-order chi connectivity index (χ1) is 9.24. The zero-order chi connectivity index (χ0) is 15.4. The molecule has 0 bridgehead atoms.